The summed E-state index contributed by atoms with van der Waals surface area (Å²) in [6, 6.07) is 17.3. The molecule has 7 heteroatoms. The molecular weight excluding hydrogens is 396 g/mol. The van der Waals surface area contributed by atoms with Gasteiger partial charge in [-0.15, -0.1) is 0 Å². The molecule has 1 atom stereocenters. The molecule has 0 aliphatic carbocycles. The minimum absolute atomic E-state index is 0.0247. The molecule has 1 aliphatic heterocycles. The van der Waals surface area contributed by atoms with Crippen LogP contribution in [0.4, 0.5) is 5.69 Å². The summed E-state index contributed by atoms with van der Waals surface area (Å²) in [4.78, 5) is 6.67. The highest BCUT2D eigenvalue weighted by molar-refractivity contribution is 7.90. The molecule has 0 saturated carbocycles. The van der Waals surface area contributed by atoms with E-state index in [1.165, 1.54) is 28.6 Å². The largest absolute Gasteiger partial charge is 0.367 e. The second-order valence-electron chi connectivity index (χ2n) is 8.01. The van der Waals surface area contributed by atoms with Crippen LogP contribution in [-0.2, 0) is 29.3 Å². The number of nitrogens with zero attached hydrogens (tertiary/aromatic N) is 2. The molecule has 2 aromatic carbocycles. The molecule has 1 unspecified atom stereocenters. The van der Waals surface area contributed by atoms with E-state index in [0.717, 1.165) is 19.5 Å². The Morgan fingerprint density at radius 2 is 1.83 bits per heavy atom. The number of anilines is 1. The molecule has 0 radical (unpaired) electrons. The van der Waals surface area contributed by atoms with Crippen molar-refractivity contribution in [1.82, 2.24) is 10.6 Å². The van der Waals surface area contributed by atoms with Crippen molar-refractivity contribution in [3.8, 4) is 0 Å². The summed E-state index contributed by atoms with van der Waals surface area (Å²) < 4.78 is 22.6. The Bertz CT molecular complexity index is 971. The maximum absolute atomic E-state index is 11.3. The Labute approximate surface area is 180 Å². The molecular formula is C23H32N4O2S. The zero-order chi connectivity index (χ0) is 21.6. The Hall–Kier alpha value is -2.54. The molecule has 2 aromatic rings. The van der Waals surface area contributed by atoms with Gasteiger partial charge in [0.05, 0.1) is 5.75 Å². The number of sulfone groups is 1. The second-order valence-corrected chi connectivity index (χ2v) is 10.3. The van der Waals surface area contributed by atoms with E-state index in [0.29, 0.717) is 18.9 Å². The third-order valence-corrected chi connectivity index (χ3v) is 6.35. The van der Waals surface area contributed by atoms with Gasteiger partial charge in [-0.1, -0.05) is 42.5 Å². The fraction of sp³-hybridized carbons (Fsp3) is 0.435. The molecule has 0 fully saturated rings. The number of aliphatic imine (C=N–C) groups is 1. The summed E-state index contributed by atoms with van der Waals surface area (Å²) in [5.41, 5.74) is 5.26. The lowest BCUT2D eigenvalue weighted by Gasteiger charge is -2.20. The first-order valence-electron chi connectivity index (χ1n) is 10.4. The lowest BCUT2D eigenvalue weighted by molar-refractivity contribution is 0.581. The summed E-state index contributed by atoms with van der Waals surface area (Å²) >= 11 is 0. The predicted octanol–water partition coefficient (Wildman–Crippen LogP) is 2.74. The average Bonchev–Trinajstić information content (AvgIpc) is 3.13. The number of benzene rings is 2. The topological polar surface area (TPSA) is 73.8 Å². The molecule has 3 rings (SSSR count). The number of para-hydroxylation sites is 1. The van der Waals surface area contributed by atoms with Gasteiger partial charge in [0, 0.05) is 44.7 Å². The van der Waals surface area contributed by atoms with E-state index in [-0.39, 0.29) is 11.8 Å². The Morgan fingerprint density at radius 3 is 2.53 bits per heavy atom. The first kappa shape index (κ1) is 22.2. The molecule has 2 N–H and O–H groups in total. The molecule has 162 valence electrons. The van der Waals surface area contributed by atoms with Gasteiger partial charge in [0.25, 0.3) is 0 Å². The van der Waals surface area contributed by atoms with E-state index in [1.807, 2.05) is 6.92 Å². The highest BCUT2D eigenvalue weighted by atomic mass is 32.2. The van der Waals surface area contributed by atoms with Crippen LogP contribution >= 0.6 is 0 Å². The number of guanidine groups is 1. The van der Waals surface area contributed by atoms with Crippen LogP contribution in [0.2, 0.25) is 0 Å². The molecule has 0 spiro atoms. The molecule has 0 saturated heterocycles. The molecule has 30 heavy (non-hydrogen) atoms. The monoisotopic (exact) mass is 428 g/mol. The van der Waals surface area contributed by atoms with Gasteiger partial charge in [-0.3, -0.25) is 4.99 Å². The van der Waals surface area contributed by atoms with Gasteiger partial charge >= 0.3 is 0 Å². The molecule has 0 bridgehead atoms. The lowest BCUT2D eigenvalue weighted by Crippen LogP contribution is -2.42. The van der Waals surface area contributed by atoms with Crippen LogP contribution in [0.15, 0.2) is 53.5 Å². The fourth-order valence-electron chi connectivity index (χ4n) is 3.63. The predicted molar refractivity (Wildman–Crippen MR) is 125 cm³/mol. The first-order valence-corrected chi connectivity index (χ1v) is 12.5. The van der Waals surface area contributed by atoms with Crippen LogP contribution in [0.3, 0.4) is 0 Å². The Kier molecular flexibility index (Phi) is 7.37. The van der Waals surface area contributed by atoms with E-state index < -0.39 is 9.84 Å². The number of hydrogen-bond acceptors (Lipinski definition) is 4. The van der Waals surface area contributed by atoms with Gasteiger partial charge in [0.15, 0.2) is 5.96 Å². The SMILES string of the molecule is CN=C(NCc1ccc(CN2CCc3ccccc32)cc1)NC(C)CCS(C)(=O)=O. The maximum atomic E-state index is 11.3. The van der Waals surface area contributed by atoms with Crippen LogP contribution in [0.25, 0.3) is 0 Å². The lowest BCUT2D eigenvalue weighted by atomic mass is 10.1. The van der Waals surface area contributed by atoms with Crippen LogP contribution in [0, 0.1) is 0 Å². The van der Waals surface area contributed by atoms with E-state index in [1.54, 1.807) is 7.05 Å². The summed E-state index contributed by atoms with van der Waals surface area (Å²) in [5, 5.41) is 6.54. The van der Waals surface area contributed by atoms with Crippen molar-refractivity contribution in [2.45, 2.75) is 38.9 Å². The number of hydrogen-bond donors (Lipinski definition) is 2. The first-order chi connectivity index (χ1) is 14.3. The normalized spacial score (nSPS) is 15.0. The van der Waals surface area contributed by atoms with Gasteiger partial charge in [-0.2, -0.15) is 0 Å². The second kappa shape index (κ2) is 9.98. The smallest absolute Gasteiger partial charge is 0.191 e. The zero-order valence-corrected chi connectivity index (χ0v) is 18.9. The van der Waals surface area contributed by atoms with Crippen molar-refractivity contribution < 1.29 is 8.42 Å². The van der Waals surface area contributed by atoms with Gasteiger partial charge < -0.3 is 15.5 Å². The van der Waals surface area contributed by atoms with Crippen molar-refractivity contribution >= 4 is 21.5 Å². The van der Waals surface area contributed by atoms with E-state index in [9.17, 15) is 8.42 Å². The van der Waals surface area contributed by atoms with E-state index in [2.05, 4.69) is 69.1 Å². The average molecular weight is 429 g/mol. The maximum Gasteiger partial charge on any atom is 0.191 e. The molecule has 6 nitrogen and oxygen atoms in total. The quantitative estimate of drug-likeness (QED) is 0.500. The highest BCUT2D eigenvalue weighted by Crippen LogP contribution is 2.28. The number of rotatable bonds is 8. The van der Waals surface area contributed by atoms with Crippen LogP contribution in [-0.4, -0.2) is 46.0 Å². The van der Waals surface area contributed by atoms with E-state index in [4.69, 9.17) is 0 Å². The summed E-state index contributed by atoms with van der Waals surface area (Å²) in [5.74, 6) is 0.843. The van der Waals surface area contributed by atoms with Crippen molar-refractivity contribution in [2.75, 3.05) is 30.5 Å². The van der Waals surface area contributed by atoms with Gasteiger partial charge in [-0.25, -0.2) is 8.42 Å². The number of nitrogens with one attached hydrogen (secondary N) is 2. The molecule has 0 aromatic heterocycles. The standard InChI is InChI=1S/C23H32N4O2S/c1-18(13-15-30(3,28)29)26-23(24-2)25-16-19-8-10-20(11-9-19)17-27-14-12-21-6-4-5-7-22(21)27/h4-11,18H,12-17H2,1-3H3,(H2,24,25,26). The van der Waals surface area contributed by atoms with Crippen LogP contribution in [0.5, 0.6) is 0 Å². The highest BCUT2D eigenvalue weighted by Gasteiger charge is 2.18. The number of fused-ring (bicyclic) bond motifs is 1. The van der Waals surface area contributed by atoms with Crippen molar-refractivity contribution in [2.24, 2.45) is 4.99 Å². The van der Waals surface area contributed by atoms with Crippen molar-refractivity contribution in [1.29, 1.82) is 0 Å². The van der Waals surface area contributed by atoms with Gasteiger partial charge in [-0.05, 0) is 42.5 Å². The van der Waals surface area contributed by atoms with Gasteiger partial charge in [0.2, 0.25) is 0 Å². The van der Waals surface area contributed by atoms with Gasteiger partial charge in [0.1, 0.15) is 9.84 Å². The van der Waals surface area contributed by atoms with E-state index >= 15 is 0 Å². The van der Waals surface area contributed by atoms with Crippen LogP contribution < -0.4 is 15.5 Å². The molecule has 1 heterocycles. The molecule has 1 aliphatic rings. The van der Waals surface area contributed by atoms with Crippen molar-refractivity contribution in [3.63, 3.8) is 0 Å². The van der Waals surface area contributed by atoms with Crippen molar-refractivity contribution in [3.05, 3.63) is 65.2 Å². The minimum Gasteiger partial charge on any atom is -0.367 e. The van der Waals surface area contributed by atoms with Crippen LogP contribution in [0.1, 0.15) is 30.0 Å². The summed E-state index contributed by atoms with van der Waals surface area (Å²) in [7, 11) is -1.23. The Balaban J connectivity index is 1.48. The fourth-order valence-corrected chi connectivity index (χ4v) is 4.41. The Morgan fingerprint density at radius 1 is 1.13 bits per heavy atom. The minimum atomic E-state index is -2.95. The third-order valence-electron chi connectivity index (χ3n) is 5.37. The molecule has 0 amide bonds. The third kappa shape index (κ3) is 6.49. The summed E-state index contributed by atoms with van der Waals surface area (Å²) in [6.45, 7) is 4.61. The summed E-state index contributed by atoms with van der Waals surface area (Å²) in [6.07, 6.45) is 2.93. The zero-order valence-electron chi connectivity index (χ0n) is 18.1.